The van der Waals surface area contributed by atoms with E-state index in [1.807, 2.05) is 6.07 Å². The fourth-order valence-corrected chi connectivity index (χ4v) is 3.21. The number of fused-ring (bicyclic) bond motifs is 1. The highest BCUT2D eigenvalue weighted by Crippen LogP contribution is 2.37. The predicted octanol–water partition coefficient (Wildman–Crippen LogP) is 4.98. The topological polar surface area (TPSA) is 47.0 Å². The second kappa shape index (κ2) is 6.45. The van der Waals surface area contributed by atoms with Crippen LogP contribution in [-0.2, 0) is 12.7 Å². The maximum absolute atomic E-state index is 12.7. The van der Waals surface area contributed by atoms with Gasteiger partial charge in [-0.15, -0.1) is 11.3 Å². The Labute approximate surface area is 144 Å². The molecule has 0 aliphatic rings. The van der Waals surface area contributed by atoms with Gasteiger partial charge in [-0.25, -0.2) is 9.97 Å². The Morgan fingerprint density at radius 1 is 1.29 bits per heavy atom. The van der Waals surface area contributed by atoms with Crippen molar-refractivity contribution < 1.29 is 17.9 Å². The first-order chi connectivity index (χ1) is 11.4. The summed E-state index contributed by atoms with van der Waals surface area (Å²) in [7, 11) is 1.53. The molecule has 0 saturated carbocycles. The smallest absolute Gasteiger partial charge is 0.425 e. The molecule has 0 unspecified atom stereocenters. The van der Waals surface area contributed by atoms with Gasteiger partial charge in [0.15, 0.2) is 0 Å². The summed E-state index contributed by atoms with van der Waals surface area (Å²) in [6.45, 7) is 0.382. The van der Waals surface area contributed by atoms with Gasteiger partial charge in [-0.1, -0.05) is 17.7 Å². The second-order valence-electron chi connectivity index (χ2n) is 4.88. The number of hydrogen-bond acceptors (Lipinski definition) is 5. The van der Waals surface area contributed by atoms with Gasteiger partial charge in [0.05, 0.1) is 12.1 Å². The van der Waals surface area contributed by atoms with Crippen molar-refractivity contribution in [3.8, 4) is 5.75 Å². The highest BCUT2D eigenvalue weighted by Gasteiger charge is 2.33. The zero-order valence-corrected chi connectivity index (χ0v) is 13.9. The summed E-state index contributed by atoms with van der Waals surface area (Å²) in [5.74, 6) is 0.821. The fourth-order valence-electron chi connectivity index (χ4n) is 2.06. The van der Waals surface area contributed by atoms with E-state index in [1.54, 1.807) is 12.1 Å². The molecule has 1 N–H and O–H groups in total. The number of hydrogen-bond donors (Lipinski definition) is 1. The van der Waals surface area contributed by atoms with Crippen LogP contribution in [0.4, 0.5) is 19.1 Å². The van der Waals surface area contributed by atoms with E-state index in [0.29, 0.717) is 34.0 Å². The third-order valence-electron chi connectivity index (χ3n) is 3.22. The Hall–Kier alpha value is -2.06. The molecule has 126 valence electrons. The second-order valence-corrected chi connectivity index (χ2v) is 6.32. The van der Waals surface area contributed by atoms with Crippen LogP contribution < -0.4 is 10.1 Å². The van der Waals surface area contributed by atoms with Gasteiger partial charge in [0.2, 0.25) is 5.95 Å². The first-order valence-electron chi connectivity index (χ1n) is 6.77. The molecule has 0 bridgehead atoms. The molecule has 0 aliphatic heterocycles. The Morgan fingerprint density at radius 3 is 2.75 bits per heavy atom. The number of thiophene rings is 1. The van der Waals surface area contributed by atoms with Crippen LogP contribution in [0.25, 0.3) is 10.2 Å². The van der Waals surface area contributed by atoms with E-state index in [2.05, 4.69) is 15.3 Å². The number of halogens is 4. The molecule has 2 aromatic heterocycles. The molecule has 0 atom stereocenters. The largest absolute Gasteiger partial charge is 0.495 e. The molecule has 0 amide bonds. The van der Waals surface area contributed by atoms with Gasteiger partial charge in [0, 0.05) is 18.1 Å². The van der Waals surface area contributed by atoms with Crippen molar-refractivity contribution >= 4 is 39.1 Å². The highest BCUT2D eigenvalue weighted by molar-refractivity contribution is 7.18. The molecular formula is C15H11ClF3N3OS. The van der Waals surface area contributed by atoms with Crippen LogP contribution in [-0.4, -0.2) is 17.1 Å². The molecule has 1 aromatic carbocycles. The summed E-state index contributed by atoms with van der Waals surface area (Å²) in [5.41, 5.74) is 0.867. The SMILES string of the molecule is COc1ccc(CNc2ncc3cc(C(F)(F)F)sc3n2)cc1Cl. The van der Waals surface area contributed by atoms with Gasteiger partial charge in [0.1, 0.15) is 15.5 Å². The number of rotatable bonds is 4. The molecule has 0 spiro atoms. The Morgan fingerprint density at radius 2 is 2.08 bits per heavy atom. The summed E-state index contributed by atoms with van der Waals surface area (Å²) in [6, 6.07) is 6.34. The number of nitrogens with one attached hydrogen (secondary N) is 1. The van der Waals surface area contributed by atoms with Crippen molar-refractivity contribution in [2.45, 2.75) is 12.7 Å². The zero-order chi connectivity index (χ0) is 17.3. The number of benzene rings is 1. The number of aromatic nitrogens is 2. The Balaban J connectivity index is 1.77. The molecule has 3 aromatic rings. The lowest BCUT2D eigenvalue weighted by Gasteiger charge is -2.07. The molecule has 3 rings (SSSR count). The minimum absolute atomic E-state index is 0.255. The molecule has 0 radical (unpaired) electrons. The summed E-state index contributed by atoms with van der Waals surface area (Å²) < 4.78 is 43.2. The predicted molar refractivity (Wildman–Crippen MR) is 87.7 cm³/mol. The van der Waals surface area contributed by atoms with Crippen molar-refractivity contribution in [1.82, 2.24) is 9.97 Å². The normalized spacial score (nSPS) is 11.7. The van der Waals surface area contributed by atoms with E-state index in [4.69, 9.17) is 16.3 Å². The van der Waals surface area contributed by atoms with E-state index in [-0.39, 0.29) is 10.8 Å². The van der Waals surface area contributed by atoms with Crippen molar-refractivity contribution in [2.75, 3.05) is 12.4 Å². The maximum atomic E-state index is 12.7. The Bertz CT molecular complexity index is 882. The lowest BCUT2D eigenvalue weighted by molar-refractivity contribution is -0.134. The number of methoxy groups -OCH3 is 1. The molecular weight excluding hydrogens is 363 g/mol. The summed E-state index contributed by atoms with van der Waals surface area (Å²) in [6.07, 6.45) is -3.00. The molecule has 2 heterocycles. The minimum atomic E-state index is -4.38. The fraction of sp³-hybridized carbons (Fsp3) is 0.200. The number of anilines is 1. The van der Waals surface area contributed by atoms with Gasteiger partial charge in [0.25, 0.3) is 0 Å². The van der Waals surface area contributed by atoms with E-state index >= 15 is 0 Å². The van der Waals surface area contributed by atoms with Crippen LogP contribution >= 0.6 is 22.9 Å². The van der Waals surface area contributed by atoms with Crippen LogP contribution in [0.15, 0.2) is 30.5 Å². The monoisotopic (exact) mass is 373 g/mol. The van der Waals surface area contributed by atoms with Gasteiger partial charge in [-0.3, -0.25) is 0 Å². The number of alkyl halides is 3. The summed E-state index contributed by atoms with van der Waals surface area (Å²) in [4.78, 5) is 7.75. The lowest BCUT2D eigenvalue weighted by Crippen LogP contribution is -2.03. The third-order valence-corrected chi connectivity index (χ3v) is 4.60. The highest BCUT2D eigenvalue weighted by atomic mass is 35.5. The molecule has 4 nitrogen and oxygen atoms in total. The molecule has 9 heteroatoms. The first kappa shape index (κ1) is 16.8. The first-order valence-corrected chi connectivity index (χ1v) is 7.96. The molecule has 24 heavy (non-hydrogen) atoms. The van der Waals surface area contributed by atoms with E-state index in [9.17, 15) is 13.2 Å². The van der Waals surface area contributed by atoms with Gasteiger partial charge >= 0.3 is 6.18 Å². The molecule has 0 saturated heterocycles. The standard InChI is InChI=1S/C15H11ClF3N3OS/c1-23-11-3-2-8(4-10(11)16)6-20-14-21-7-9-5-12(15(17,18)19)24-13(9)22-14/h2-5,7H,6H2,1H3,(H,20,21,22). The molecule has 0 aliphatic carbocycles. The van der Waals surface area contributed by atoms with E-state index < -0.39 is 11.1 Å². The zero-order valence-electron chi connectivity index (χ0n) is 12.3. The average molecular weight is 374 g/mol. The molecule has 0 fully saturated rings. The Kier molecular flexibility index (Phi) is 4.51. The van der Waals surface area contributed by atoms with Crippen LogP contribution in [0.2, 0.25) is 5.02 Å². The summed E-state index contributed by atoms with van der Waals surface area (Å²) in [5, 5.41) is 3.81. The lowest BCUT2D eigenvalue weighted by atomic mass is 10.2. The van der Waals surface area contributed by atoms with Crippen LogP contribution in [0, 0.1) is 0 Å². The van der Waals surface area contributed by atoms with Crippen molar-refractivity contribution in [3.05, 3.63) is 45.9 Å². The average Bonchev–Trinajstić information content (AvgIpc) is 2.96. The van der Waals surface area contributed by atoms with Gasteiger partial charge in [-0.05, 0) is 23.8 Å². The van der Waals surface area contributed by atoms with Crippen LogP contribution in [0.1, 0.15) is 10.4 Å². The van der Waals surface area contributed by atoms with Crippen molar-refractivity contribution in [1.29, 1.82) is 0 Å². The minimum Gasteiger partial charge on any atom is -0.495 e. The van der Waals surface area contributed by atoms with E-state index in [1.165, 1.54) is 13.3 Å². The van der Waals surface area contributed by atoms with Gasteiger partial charge < -0.3 is 10.1 Å². The van der Waals surface area contributed by atoms with Crippen molar-refractivity contribution in [2.24, 2.45) is 0 Å². The van der Waals surface area contributed by atoms with Crippen LogP contribution in [0.5, 0.6) is 5.75 Å². The van der Waals surface area contributed by atoms with E-state index in [0.717, 1.165) is 11.6 Å². The number of ether oxygens (including phenoxy) is 1. The van der Waals surface area contributed by atoms with Gasteiger partial charge in [-0.2, -0.15) is 13.2 Å². The maximum Gasteiger partial charge on any atom is 0.425 e. The summed E-state index contributed by atoms with van der Waals surface area (Å²) >= 11 is 6.64. The number of nitrogens with zero attached hydrogens (tertiary/aromatic N) is 2. The third kappa shape index (κ3) is 3.54. The quantitative estimate of drug-likeness (QED) is 0.700. The van der Waals surface area contributed by atoms with Crippen LogP contribution in [0.3, 0.4) is 0 Å². The van der Waals surface area contributed by atoms with Crippen molar-refractivity contribution in [3.63, 3.8) is 0 Å².